The minimum Gasteiger partial charge on any atom is -0.467 e. The number of aliphatic imine (C=N–C) groups is 1. The zero-order valence-corrected chi connectivity index (χ0v) is 7.41. The summed E-state index contributed by atoms with van der Waals surface area (Å²) >= 11 is 0. The fourth-order valence-electron chi connectivity index (χ4n) is 0.825. The van der Waals surface area contributed by atoms with Crippen molar-refractivity contribution in [3.05, 3.63) is 0 Å². The second-order valence-corrected chi connectivity index (χ2v) is 2.38. The Morgan fingerprint density at radius 3 is 2.50 bits per heavy atom. The van der Waals surface area contributed by atoms with Gasteiger partial charge < -0.3 is 16.2 Å². The zero-order valence-electron chi connectivity index (χ0n) is 7.41. The van der Waals surface area contributed by atoms with Gasteiger partial charge >= 0.3 is 5.97 Å². The molecule has 4 N–H and O–H groups in total. The van der Waals surface area contributed by atoms with Gasteiger partial charge in [-0.25, -0.2) is 9.79 Å². The quantitative estimate of drug-likeness (QED) is 0.344. The molecule has 1 atom stereocenters. The molecule has 0 bridgehead atoms. The van der Waals surface area contributed by atoms with Crippen molar-refractivity contribution in [1.82, 2.24) is 0 Å². The first kappa shape index (κ1) is 10.7. The van der Waals surface area contributed by atoms with Gasteiger partial charge in [-0.2, -0.15) is 0 Å². The summed E-state index contributed by atoms with van der Waals surface area (Å²) in [5.41, 5.74) is 10.3. The molecule has 0 aromatic heterocycles. The average molecular weight is 173 g/mol. The number of nitrogens with two attached hydrogens (primary N) is 2. The van der Waals surface area contributed by atoms with Crippen LogP contribution in [0.2, 0.25) is 0 Å². The van der Waals surface area contributed by atoms with Gasteiger partial charge in [-0.3, -0.25) is 0 Å². The summed E-state index contributed by atoms with van der Waals surface area (Å²) in [6, 6.07) is -0.551. The molecular weight excluding hydrogens is 158 g/mol. The number of carbonyl (C=O) groups excluding carboxylic acids is 1. The van der Waals surface area contributed by atoms with Crippen molar-refractivity contribution in [1.29, 1.82) is 0 Å². The van der Waals surface area contributed by atoms with Crippen molar-refractivity contribution in [3.63, 3.8) is 0 Å². The Kier molecular flexibility index (Phi) is 4.83. The van der Waals surface area contributed by atoms with E-state index < -0.39 is 12.0 Å². The van der Waals surface area contributed by atoms with Gasteiger partial charge in [0.1, 0.15) is 0 Å². The van der Waals surface area contributed by atoms with E-state index in [1.165, 1.54) is 7.11 Å². The van der Waals surface area contributed by atoms with Crippen LogP contribution in [0.5, 0.6) is 0 Å². The summed E-state index contributed by atoms with van der Waals surface area (Å²) < 4.78 is 4.51. The number of ether oxygens (including phenoxy) is 1. The highest BCUT2D eigenvalue weighted by molar-refractivity contribution is 5.82. The summed E-state index contributed by atoms with van der Waals surface area (Å²) in [6.45, 7) is 1.94. The van der Waals surface area contributed by atoms with Crippen LogP contribution in [0.1, 0.15) is 19.8 Å². The van der Waals surface area contributed by atoms with Crippen molar-refractivity contribution in [2.24, 2.45) is 16.5 Å². The van der Waals surface area contributed by atoms with E-state index in [4.69, 9.17) is 11.5 Å². The van der Waals surface area contributed by atoms with Crippen molar-refractivity contribution in [2.75, 3.05) is 7.11 Å². The molecule has 0 saturated heterocycles. The Morgan fingerprint density at radius 2 is 2.17 bits per heavy atom. The molecule has 0 rings (SSSR count). The summed E-state index contributed by atoms with van der Waals surface area (Å²) in [6.07, 6.45) is 1.43. The Hall–Kier alpha value is -1.26. The summed E-state index contributed by atoms with van der Waals surface area (Å²) in [5.74, 6) is -0.482. The summed E-state index contributed by atoms with van der Waals surface area (Å²) in [5, 5.41) is 0. The number of hydrogen-bond acceptors (Lipinski definition) is 3. The first-order valence-corrected chi connectivity index (χ1v) is 3.78. The smallest absolute Gasteiger partial charge is 0.330 e. The van der Waals surface area contributed by atoms with E-state index >= 15 is 0 Å². The van der Waals surface area contributed by atoms with Crippen LogP contribution >= 0.6 is 0 Å². The molecule has 0 radical (unpaired) electrons. The lowest BCUT2D eigenvalue weighted by atomic mass is 10.2. The van der Waals surface area contributed by atoms with E-state index in [0.29, 0.717) is 6.42 Å². The molecule has 0 aliphatic carbocycles. The molecule has 0 aliphatic rings. The van der Waals surface area contributed by atoms with E-state index in [0.717, 1.165) is 6.42 Å². The SMILES string of the molecule is CCCC(N=C(N)N)C(=O)OC. The lowest BCUT2D eigenvalue weighted by molar-refractivity contribution is -0.142. The van der Waals surface area contributed by atoms with Gasteiger partial charge in [-0.15, -0.1) is 0 Å². The van der Waals surface area contributed by atoms with Crippen LogP contribution in [0.25, 0.3) is 0 Å². The van der Waals surface area contributed by atoms with E-state index in [1.807, 2.05) is 6.92 Å². The van der Waals surface area contributed by atoms with Crippen LogP contribution in [0.15, 0.2) is 4.99 Å². The molecule has 0 aromatic rings. The molecular formula is C7H15N3O2. The molecule has 0 heterocycles. The fraction of sp³-hybridized carbons (Fsp3) is 0.714. The van der Waals surface area contributed by atoms with Gasteiger partial charge in [0.15, 0.2) is 12.0 Å². The zero-order chi connectivity index (χ0) is 9.56. The van der Waals surface area contributed by atoms with Gasteiger partial charge in [-0.1, -0.05) is 13.3 Å². The minimum atomic E-state index is -0.551. The molecule has 0 spiro atoms. The number of carbonyl (C=O) groups is 1. The highest BCUT2D eigenvalue weighted by Gasteiger charge is 2.16. The van der Waals surface area contributed by atoms with Crippen molar-refractivity contribution >= 4 is 11.9 Å². The number of esters is 1. The minimum absolute atomic E-state index is 0.0844. The van der Waals surface area contributed by atoms with Gasteiger partial charge in [0.25, 0.3) is 0 Å². The van der Waals surface area contributed by atoms with Gasteiger partial charge in [0, 0.05) is 0 Å². The molecule has 12 heavy (non-hydrogen) atoms. The normalized spacial score (nSPS) is 11.8. The molecule has 0 amide bonds. The first-order valence-electron chi connectivity index (χ1n) is 3.78. The summed E-state index contributed by atoms with van der Waals surface area (Å²) in [4.78, 5) is 14.7. The fourth-order valence-corrected chi connectivity index (χ4v) is 0.825. The highest BCUT2D eigenvalue weighted by atomic mass is 16.5. The Balaban J connectivity index is 4.22. The third kappa shape index (κ3) is 3.80. The largest absolute Gasteiger partial charge is 0.467 e. The van der Waals surface area contributed by atoms with Crippen LogP contribution in [-0.4, -0.2) is 25.1 Å². The number of nitrogens with zero attached hydrogens (tertiary/aromatic N) is 1. The van der Waals surface area contributed by atoms with Crippen molar-refractivity contribution in [3.8, 4) is 0 Å². The topological polar surface area (TPSA) is 90.7 Å². The van der Waals surface area contributed by atoms with E-state index in [1.54, 1.807) is 0 Å². The van der Waals surface area contributed by atoms with Crippen molar-refractivity contribution < 1.29 is 9.53 Å². The number of rotatable bonds is 4. The van der Waals surface area contributed by atoms with E-state index in [-0.39, 0.29) is 5.96 Å². The molecule has 0 aliphatic heterocycles. The molecule has 0 saturated carbocycles. The van der Waals surface area contributed by atoms with Gasteiger partial charge in [-0.05, 0) is 6.42 Å². The molecule has 0 fully saturated rings. The van der Waals surface area contributed by atoms with Gasteiger partial charge in [0.05, 0.1) is 7.11 Å². The van der Waals surface area contributed by atoms with Crippen LogP contribution in [0.3, 0.4) is 0 Å². The molecule has 70 valence electrons. The molecule has 5 heteroatoms. The van der Waals surface area contributed by atoms with Crippen LogP contribution in [0.4, 0.5) is 0 Å². The third-order valence-electron chi connectivity index (χ3n) is 1.34. The highest BCUT2D eigenvalue weighted by Crippen LogP contribution is 2.02. The summed E-state index contributed by atoms with van der Waals surface area (Å²) in [7, 11) is 1.31. The first-order chi connectivity index (χ1) is 5.61. The Morgan fingerprint density at radius 1 is 1.58 bits per heavy atom. The Labute approximate surface area is 71.8 Å². The molecule has 0 aromatic carbocycles. The number of methoxy groups -OCH3 is 1. The van der Waals surface area contributed by atoms with Crippen molar-refractivity contribution in [2.45, 2.75) is 25.8 Å². The maximum Gasteiger partial charge on any atom is 0.330 e. The number of hydrogen-bond donors (Lipinski definition) is 2. The lowest BCUT2D eigenvalue weighted by Gasteiger charge is -2.08. The maximum absolute atomic E-state index is 11.0. The Bertz CT molecular complexity index is 175. The average Bonchev–Trinajstić information content (AvgIpc) is 2.01. The monoisotopic (exact) mass is 173 g/mol. The predicted molar refractivity (Wildman–Crippen MR) is 46.5 cm³/mol. The predicted octanol–water partition coefficient (Wildman–Crippen LogP) is -0.398. The molecule has 1 unspecified atom stereocenters. The second-order valence-electron chi connectivity index (χ2n) is 2.38. The third-order valence-corrected chi connectivity index (χ3v) is 1.34. The number of guanidine groups is 1. The van der Waals surface area contributed by atoms with E-state index in [9.17, 15) is 4.79 Å². The second kappa shape index (κ2) is 5.40. The lowest BCUT2D eigenvalue weighted by Crippen LogP contribution is -2.29. The van der Waals surface area contributed by atoms with Crippen LogP contribution < -0.4 is 11.5 Å². The van der Waals surface area contributed by atoms with Crippen LogP contribution in [0, 0.1) is 0 Å². The van der Waals surface area contributed by atoms with Crippen LogP contribution in [-0.2, 0) is 9.53 Å². The van der Waals surface area contributed by atoms with Gasteiger partial charge in [0.2, 0.25) is 0 Å². The standard InChI is InChI=1S/C7H15N3O2/c1-3-4-5(6(11)12-2)10-7(8)9/h5H,3-4H2,1-2H3,(H4,8,9,10). The maximum atomic E-state index is 11.0. The van der Waals surface area contributed by atoms with E-state index in [2.05, 4.69) is 9.73 Å². The molecule has 5 nitrogen and oxygen atoms in total.